The van der Waals surface area contributed by atoms with Gasteiger partial charge in [-0.25, -0.2) is 0 Å². The summed E-state index contributed by atoms with van der Waals surface area (Å²) in [7, 11) is 1.82. The fourth-order valence-corrected chi connectivity index (χ4v) is 4.59. The van der Waals surface area contributed by atoms with Gasteiger partial charge in [0, 0.05) is 41.3 Å². The van der Waals surface area contributed by atoms with Gasteiger partial charge >= 0.3 is 0 Å². The van der Waals surface area contributed by atoms with Crippen LogP contribution in [0, 0.1) is 6.92 Å². The third-order valence-electron chi connectivity index (χ3n) is 4.27. The Labute approximate surface area is 157 Å². The van der Waals surface area contributed by atoms with Crippen LogP contribution < -0.4 is 10.6 Å². The third kappa shape index (κ3) is 5.28. The lowest BCUT2D eigenvalue weighted by molar-refractivity contribution is 0.0177. The molecule has 2 N–H and O–H groups in total. The Balaban J connectivity index is 1.60. The molecule has 1 saturated heterocycles. The predicted octanol–water partition coefficient (Wildman–Crippen LogP) is 2.86. The van der Waals surface area contributed by atoms with Gasteiger partial charge in [0.05, 0.1) is 25.8 Å². The van der Waals surface area contributed by atoms with Crippen molar-refractivity contribution >= 4 is 28.6 Å². The van der Waals surface area contributed by atoms with Crippen molar-refractivity contribution < 1.29 is 4.74 Å². The molecule has 1 unspecified atom stereocenters. The number of nitrogens with zero attached hydrogens (tertiary/aromatic N) is 2. The van der Waals surface area contributed by atoms with Crippen LogP contribution >= 0.6 is 22.7 Å². The molecule has 1 aliphatic rings. The SMILES string of the molecule is CN=C(NCc1cccs1)NCC(c1ccc(C)s1)N1CCOCC1. The van der Waals surface area contributed by atoms with E-state index in [0.29, 0.717) is 6.04 Å². The summed E-state index contributed by atoms with van der Waals surface area (Å²) >= 11 is 3.64. The molecule has 1 fully saturated rings. The number of hydrogen-bond donors (Lipinski definition) is 2. The van der Waals surface area contributed by atoms with E-state index in [1.807, 2.05) is 18.4 Å². The number of aryl methyl sites for hydroxylation is 1. The fourth-order valence-electron chi connectivity index (χ4n) is 2.93. The van der Waals surface area contributed by atoms with Crippen LogP contribution in [0.15, 0.2) is 34.6 Å². The average molecular weight is 379 g/mol. The van der Waals surface area contributed by atoms with E-state index in [9.17, 15) is 0 Å². The van der Waals surface area contributed by atoms with Crippen molar-refractivity contribution in [3.05, 3.63) is 44.3 Å². The summed E-state index contributed by atoms with van der Waals surface area (Å²) < 4.78 is 5.52. The minimum Gasteiger partial charge on any atom is -0.379 e. The highest BCUT2D eigenvalue weighted by Crippen LogP contribution is 2.27. The monoisotopic (exact) mass is 378 g/mol. The molecular formula is C18H26N4OS2. The number of rotatable bonds is 6. The Morgan fingerprint density at radius 1 is 1.28 bits per heavy atom. The molecule has 0 spiro atoms. The summed E-state index contributed by atoms with van der Waals surface area (Å²) in [6.45, 7) is 7.38. The van der Waals surface area contributed by atoms with Crippen molar-refractivity contribution in [2.45, 2.75) is 19.5 Å². The molecule has 2 aromatic heterocycles. The number of aliphatic imine (C=N–C) groups is 1. The maximum atomic E-state index is 5.52. The Morgan fingerprint density at radius 3 is 2.76 bits per heavy atom. The number of nitrogens with one attached hydrogen (secondary N) is 2. The van der Waals surface area contributed by atoms with Gasteiger partial charge in [-0.1, -0.05) is 6.07 Å². The molecule has 1 atom stereocenters. The summed E-state index contributed by atoms with van der Waals surface area (Å²) in [4.78, 5) is 10.9. The van der Waals surface area contributed by atoms with Crippen LogP contribution in [0.4, 0.5) is 0 Å². The molecule has 136 valence electrons. The molecule has 25 heavy (non-hydrogen) atoms. The van der Waals surface area contributed by atoms with Crippen LogP contribution in [0.1, 0.15) is 20.7 Å². The smallest absolute Gasteiger partial charge is 0.191 e. The molecule has 2 aromatic rings. The molecular weight excluding hydrogens is 352 g/mol. The van der Waals surface area contributed by atoms with Gasteiger partial charge in [-0.05, 0) is 30.5 Å². The summed E-state index contributed by atoms with van der Waals surface area (Å²) in [5.41, 5.74) is 0. The first-order valence-corrected chi connectivity index (χ1v) is 10.3. The van der Waals surface area contributed by atoms with E-state index in [1.54, 1.807) is 11.3 Å². The Hall–Kier alpha value is -1.41. The summed E-state index contributed by atoms with van der Waals surface area (Å²) in [5.74, 6) is 0.847. The molecule has 3 rings (SSSR count). The molecule has 0 amide bonds. The topological polar surface area (TPSA) is 48.9 Å². The Bertz CT molecular complexity index is 662. The van der Waals surface area contributed by atoms with E-state index < -0.39 is 0 Å². The van der Waals surface area contributed by atoms with E-state index in [0.717, 1.165) is 45.4 Å². The number of ether oxygens (including phenoxy) is 1. The van der Waals surface area contributed by atoms with Gasteiger partial charge in [0.25, 0.3) is 0 Å². The van der Waals surface area contributed by atoms with E-state index in [-0.39, 0.29) is 0 Å². The van der Waals surface area contributed by atoms with Gasteiger partial charge in [0.2, 0.25) is 0 Å². The highest BCUT2D eigenvalue weighted by atomic mass is 32.1. The molecule has 0 bridgehead atoms. The maximum absolute atomic E-state index is 5.52. The predicted molar refractivity (Wildman–Crippen MR) is 107 cm³/mol. The summed E-state index contributed by atoms with van der Waals surface area (Å²) in [6, 6.07) is 9.02. The molecule has 0 radical (unpaired) electrons. The van der Waals surface area contributed by atoms with Crippen LogP contribution in [0.3, 0.4) is 0 Å². The summed E-state index contributed by atoms with van der Waals surface area (Å²) in [6.07, 6.45) is 0. The molecule has 5 nitrogen and oxygen atoms in total. The van der Waals surface area contributed by atoms with Crippen molar-refractivity contribution in [3.63, 3.8) is 0 Å². The molecule has 7 heteroatoms. The molecule has 1 aliphatic heterocycles. The number of hydrogen-bond acceptors (Lipinski definition) is 5. The van der Waals surface area contributed by atoms with Gasteiger partial charge in [0.1, 0.15) is 0 Å². The first-order valence-electron chi connectivity index (χ1n) is 8.61. The minimum atomic E-state index is 0.350. The van der Waals surface area contributed by atoms with Gasteiger partial charge in [-0.2, -0.15) is 0 Å². The zero-order valence-corrected chi connectivity index (χ0v) is 16.5. The van der Waals surface area contributed by atoms with E-state index in [4.69, 9.17) is 4.74 Å². The van der Waals surface area contributed by atoms with E-state index in [2.05, 4.69) is 57.1 Å². The van der Waals surface area contributed by atoms with Crippen molar-refractivity contribution in [1.82, 2.24) is 15.5 Å². The van der Waals surface area contributed by atoms with Gasteiger partial charge < -0.3 is 15.4 Å². The lowest BCUT2D eigenvalue weighted by Crippen LogP contribution is -2.46. The lowest BCUT2D eigenvalue weighted by atomic mass is 10.2. The second-order valence-corrected chi connectivity index (χ2v) is 8.35. The average Bonchev–Trinajstić information content (AvgIpc) is 3.30. The minimum absolute atomic E-state index is 0.350. The zero-order chi connectivity index (χ0) is 17.5. The van der Waals surface area contributed by atoms with Crippen LogP contribution in [0.25, 0.3) is 0 Å². The van der Waals surface area contributed by atoms with Crippen LogP contribution in [-0.4, -0.2) is 50.8 Å². The van der Waals surface area contributed by atoms with Crippen LogP contribution in [0.5, 0.6) is 0 Å². The van der Waals surface area contributed by atoms with Crippen molar-refractivity contribution in [2.24, 2.45) is 4.99 Å². The number of morpholine rings is 1. The second kappa shape index (κ2) is 9.33. The maximum Gasteiger partial charge on any atom is 0.191 e. The lowest BCUT2D eigenvalue weighted by Gasteiger charge is -2.34. The zero-order valence-electron chi connectivity index (χ0n) is 14.8. The van der Waals surface area contributed by atoms with Crippen LogP contribution in [-0.2, 0) is 11.3 Å². The Morgan fingerprint density at radius 2 is 2.12 bits per heavy atom. The van der Waals surface area contributed by atoms with Crippen molar-refractivity contribution in [3.8, 4) is 0 Å². The van der Waals surface area contributed by atoms with Gasteiger partial charge in [-0.3, -0.25) is 9.89 Å². The second-order valence-electron chi connectivity index (χ2n) is 6.00. The largest absolute Gasteiger partial charge is 0.379 e. The number of guanidine groups is 1. The van der Waals surface area contributed by atoms with Gasteiger partial charge in [-0.15, -0.1) is 22.7 Å². The normalized spacial score (nSPS) is 17.4. The van der Waals surface area contributed by atoms with E-state index >= 15 is 0 Å². The highest BCUT2D eigenvalue weighted by molar-refractivity contribution is 7.12. The first-order chi connectivity index (χ1) is 12.3. The molecule has 3 heterocycles. The van der Waals surface area contributed by atoms with Crippen LogP contribution in [0.2, 0.25) is 0 Å². The standard InChI is InChI=1S/C18H26N4OS2/c1-14-5-6-17(25-14)16(22-7-9-23-10-8-22)13-21-18(19-2)20-12-15-4-3-11-24-15/h3-6,11,16H,7-10,12-13H2,1-2H3,(H2,19,20,21). The molecule has 0 aliphatic carbocycles. The molecule has 0 aromatic carbocycles. The van der Waals surface area contributed by atoms with Crippen molar-refractivity contribution in [1.29, 1.82) is 0 Å². The Kier molecular flexibility index (Phi) is 6.86. The first kappa shape index (κ1) is 18.4. The summed E-state index contributed by atoms with van der Waals surface area (Å²) in [5, 5.41) is 9.00. The van der Waals surface area contributed by atoms with E-state index in [1.165, 1.54) is 14.6 Å². The van der Waals surface area contributed by atoms with Gasteiger partial charge in [0.15, 0.2) is 5.96 Å². The highest BCUT2D eigenvalue weighted by Gasteiger charge is 2.24. The number of thiophene rings is 2. The van der Waals surface area contributed by atoms with Crippen molar-refractivity contribution in [2.75, 3.05) is 39.9 Å². The fraction of sp³-hybridized carbons (Fsp3) is 0.500. The third-order valence-corrected chi connectivity index (χ3v) is 6.25. The molecule has 0 saturated carbocycles. The quantitative estimate of drug-likeness (QED) is 0.599.